The van der Waals surface area contributed by atoms with Crippen LogP contribution in [0.15, 0.2) is 64.5 Å². The van der Waals surface area contributed by atoms with Crippen LogP contribution in [0.2, 0.25) is 0 Å². The molecular formula is C25H28N6O3S. The van der Waals surface area contributed by atoms with E-state index in [9.17, 15) is 14.4 Å². The van der Waals surface area contributed by atoms with Crippen LogP contribution in [-0.2, 0) is 17.9 Å². The molecule has 2 aromatic carbocycles. The number of carbonyl (C=O) groups excluding carboxylic acids is 2. The lowest BCUT2D eigenvalue weighted by atomic mass is 10.2. The molecule has 2 heterocycles. The van der Waals surface area contributed by atoms with Crippen LogP contribution < -0.4 is 16.2 Å². The summed E-state index contributed by atoms with van der Waals surface area (Å²) in [6.07, 6.45) is 2.90. The molecule has 9 nitrogen and oxygen atoms in total. The number of hydrogen-bond acceptors (Lipinski definition) is 6. The SMILES string of the molecule is CCCCCn1c(=O)c2ccccc2n2c(SC(C)C(=O)NC(=O)NCc3ccccc3)nnc12. The van der Waals surface area contributed by atoms with Crippen molar-refractivity contribution in [2.75, 3.05) is 0 Å². The Labute approximate surface area is 206 Å². The van der Waals surface area contributed by atoms with Crippen molar-refractivity contribution in [2.24, 2.45) is 0 Å². The van der Waals surface area contributed by atoms with E-state index in [2.05, 4.69) is 27.8 Å². The van der Waals surface area contributed by atoms with Crippen molar-refractivity contribution in [2.45, 2.75) is 56.6 Å². The number of nitrogens with zero attached hydrogens (tertiary/aromatic N) is 4. The zero-order valence-corrected chi connectivity index (χ0v) is 20.5. The quantitative estimate of drug-likeness (QED) is 0.272. The lowest BCUT2D eigenvalue weighted by Gasteiger charge is -2.13. The molecule has 35 heavy (non-hydrogen) atoms. The van der Waals surface area contributed by atoms with Crippen LogP contribution in [0.4, 0.5) is 4.79 Å². The summed E-state index contributed by atoms with van der Waals surface area (Å²) in [5, 5.41) is 14.1. The molecule has 2 aromatic heterocycles. The van der Waals surface area contributed by atoms with Gasteiger partial charge < -0.3 is 5.32 Å². The number of thioether (sulfide) groups is 1. The number of carbonyl (C=O) groups is 2. The normalized spacial score (nSPS) is 12.1. The molecule has 4 aromatic rings. The molecule has 3 amide bonds. The van der Waals surface area contributed by atoms with Crippen LogP contribution in [0.3, 0.4) is 0 Å². The van der Waals surface area contributed by atoms with Crippen LogP contribution in [-0.4, -0.2) is 36.4 Å². The van der Waals surface area contributed by atoms with Crippen molar-refractivity contribution in [3.8, 4) is 0 Å². The minimum absolute atomic E-state index is 0.103. The number of para-hydroxylation sites is 1. The van der Waals surface area contributed by atoms with Gasteiger partial charge >= 0.3 is 6.03 Å². The highest BCUT2D eigenvalue weighted by molar-refractivity contribution is 8.00. The van der Waals surface area contributed by atoms with E-state index in [1.807, 2.05) is 52.9 Å². The number of nitrogens with one attached hydrogen (secondary N) is 2. The number of amides is 3. The maximum Gasteiger partial charge on any atom is 0.321 e. The Hall–Kier alpha value is -3.66. The van der Waals surface area contributed by atoms with Gasteiger partial charge in [-0.25, -0.2) is 4.79 Å². The van der Waals surface area contributed by atoms with Crippen LogP contribution in [0, 0.1) is 0 Å². The number of hydrogen-bond donors (Lipinski definition) is 2. The zero-order chi connectivity index (χ0) is 24.8. The fraction of sp³-hybridized carbons (Fsp3) is 0.320. The Morgan fingerprint density at radius 1 is 1.03 bits per heavy atom. The number of rotatable bonds is 9. The highest BCUT2D eigenvalue weighted by atomic mass is 32.2. The Morgan fingerprint density at radius 2 is 1.77 bits per heavy atom. The van der Waals surface area contributed by atoms with E-state index in [0.717, 1.165) is 24.8 Å². The van der Waals surface area contributed by atoms with E-state index < -0.39 is 17.2 Å². The van der Waals surface area contributed by atoms with E-state index in [4.69, 9.17) is 0 Å². The molecule has 0 spiro atoms. The van der Waals surface area contributed by atoms with Gasteiger partial charge in [0.25, 0.3) is 5.56 Å². The molecular weight excluding hydrogens is 464 g/mol. The lowest BCUT2D eigenvalue weighted by molar-refractivity contribution is -0.119. The van der Waals surface area contributed by atoms with E-state index in [0.29, 0.717) is 34.9 Å². The van der Waals surface area contributed by atoms with Gasteiger partial charge in [-0.05, 0) is 31.0 Å². The Bertz CT molecular complexity index is 1400. The number of urea groups is 1. The topological polar surface area (TPSA) is 110 Å². The molecule has 1 unspecified atom stereocenters. The second-order valence-corrected chi connectivity index (χ2v) is 9.52. The van der Waals surface area contributed by atoms with Crippen molar-refractivity contribution in [3.05, 3.63) is 70.5 Å². The van der Waals surface area contributed by atoms with Gasteiger partial charge in [0.1, 0.15) is 0 Å². The minimum Gasteiger partial charge on any atom is -0.334 e. The summed E-state index contributed by atoms with van der Waals surface area (Å²) in [7, 11) is 0. The maximum absolute atomic E-state index is 13.1. The molecule has 4 rings (SSSR count). The first kappa shape index (κ1) is 24.5. The summed E-state index contributed by atoms with van der Waals surface area (Å²) in [4.78, 5) is 38.0. The van der Waals surface area contributed by atoms with Crippen LogP contribution in [0.5, 0.6) is 0 Å². The summed E-state index contributed by atoms with van der Waals surface area (Å²) in [5.41, 5.74) is 1.51. The molecule has 182 valence electrons. The molecule has 0 aliphatic carbocycles. The number of fused-ring (bicyclic) bond motifs is 3. The molecule has 0 saturated heterocycles. The molecule has 0 bridgehead atoms. The highest BCUT2D eigenvalue weighted by Gasteiger charge is 2.22. The van der Waals surface area contributed by atoms with Gasteiger partial charge in [-0.15, -0.1) is 10.2 Å². The first-order valence-corrected chi connectivity index (χ1v) is 12.5. The van der Waals surface area contributed by atoms with Gasteiger partial charge in [0, 0.05) is 13.1 Å². The van der Waals surface area contributed by atoms with Crippen molar-refractivity contribution in [1.29, 1.82) is 0 Å². The third-order valence-corrected chi connectivity index (χ3v) is 6.69. The fourth-order valence-corrected chi connectivity index (χ4v) is 4.63. The van der Waals surface area contributed by atoms with Gasteiger partial charge in [0.15, 0.2) is 5.16 Å². The Morgan fingerprint density at radius 3 is 2.54 bits per heavy atom. The van der Waals surface area contributed by atoms with E-state index >= 15 is 0 Å². The van der Waals surface area contributed by atoms with Crippen LogP contribution in [0.1, 0.15) is 38.7 Å². The van der Waals surface area contributed by atoms with Gasteiger partial charge in [0.2, 0.25) is 11.7 Å². The molecule has 0 aliphatic heterocycles. The average Bonchev–Trinajstić information content (AvgIpc) is 3.29. The predicted molar refractivity (Wildman–Crippen MR) is 136 cm³/mol. The maximum atomic E-state index is 13.1. The molecule has 10 heteroatoms. The standard InChI is InChI=1S/C25H28N6O3S/c1-3-4-10-15-30-22(33)19-13-8-9-14-20(19)31-24(30)28-29-25(31)35-17(2)21(32)27-23(34)26-16-18-11-6-5-7-12-18/h5-9,11-14,17H,3-4,10,15-16H2,1-2H3,(H2,26,27,32,34). The second-order valence-electron chi connectivity index (χ2n) is 8.22. The second kappa shape index (κ2) is 11.2. The largest absolute Gasteiger partial charge is 0.334 e. The van der Waals surface area contributed by atoms with Crippen molar-refractivity contribution < 1.29 is 9.59 Å². The van der Waals surface area contributed by atoms with E-state index in [-0.39, 0.29) is 5.56 Å². The molecule has 0 saturated carbocycles. The van der Waals surface area contributed by atoms with Gasteiger partial charge in [-0.2, -0.15) is 0 Å². The van der Waals surface area contributed by atoms with Crippen LogP contribution >= 0.6 is 11.8 Å². The third kappa shape index (κ3) is 5.54. The molecule has 0 aliphatic rings. The zero-order valence-electron chi connectivity index (χ0n) is 19.7. The first-order chi connectivity index (χ1) is 17.0. The minimum atomic E-state index is -0.621. The molecule has 1 atom stereocenters. The first-order valence-electron chi connectivity index (χ1n) is 11.7. The molecule has 0 fully saturated rings. The summed E-state index contributed by atoms with van der Waals surface area (Å²) in [5.74, 6) is -0.00148. The number of imide groups is 1. The summed E-state index contributed by atoms with van der Waals surface area (Å²) >= 11 is 1.18. The number of unbranched alkanes of at least 4 members (excludes halogenated alkanes) is 2. The number of aryl methyl sites for hydroxylation is 1. The average molecular weight is 493 g/mol. The Kier molecular flexibility index (Phi) is 7.81. The highest BCUT2D eigenvalue weighted by Crippen LogP contribution is 2.25. The number of aromatic nitrogens is 4. The fourth-order valence-electron chi connectivity index (χ4n) is 3.78. The van der Waals surface area contributed by atoms with Crippen molar-refractivity contribution in [1.82, 2.24) is 29.8 Å². The summed E-state index contributed by atoms with van der Waals surface area (Å²) in [6, 6.07) is 16.2. The van der Waals surface area contributed by atoms with Crippen molar-refractivity contribution in [3.63, 3.8) is 0 Å². The smallest absolute Gasteiger partial charge is 0.321 e. The van der Waals surface area contributed by atoms with Gasteiger partial charge in [-0.1, -0.05) is 74.0 Å². The lowest BCUT2D eigenvalue weighted by Crippen LogP contribution is -2.42. The summed E-state index contributed by atoms with van der Waals surface area (Å²) < 4.78 is 3.46. The monoisotopic (exact) mass is 492 g/mol. The van der Waals surface area contributed by atoms with E-state index in [1.165, 1.54) is 11.8 Å². The summed E-state index contributed by atoms with van der Waals surface area (Å²) in [6.45, 7) is 4.67. The van der Waals surface area contributed by atoms with E-state index in [1.54, 1.807) is 17.6 Å². The predicted octanol–water partition coefficient (Wildman–Crippen LogP) is 3.74. The number of benzene rings is 2. The van der Waals surface area contributed by atoms with Gasteiger partial charge in [0.05, 0.1) is 16.2 Å². The van der Waals surface area contributed by atoms with Crippen LogP contribution in [0.25, 0.3) is 16.7 Å². The van der Waals surface area contributed by atoms with Crippen molar-refractivity contribution >= 4 is 40.4 Å². The Balaban J connectivity index is 1.53. The molecule has 2 N–H and O–H groups in total. The third-order valence-electron chi connectivity index (χ3n) is 5.65. The van der Waals surface area contributed by atoms with Gasteiger partial charge in [-0.3, -0.25) is 23.9 Å². The molecule has 0 radical (unpaired) electrons.